The summed E-state index contributed by atoms with van der Waals surface area (Å²) in [6.07, 6.45) is 6.79. The van der Waals surface area contributed by atoms with E-state index in [9.17, 15) is 19.8 Å². The van der Waals surface area contributed by atoms with Crippen LogP contribution in [0.25, 0.3) is 0 Å². The van der Waals surface area contributed by atoms with Gasteiger partial charge >= 0.3 is 11.9 Å². The second-order valence-corrected chi connectivity index (χ2v) is 6.35. The van der Waals surface area contributed by atoms with E-state index in [0.29, 0.717) is 19.3 Å². The van der Waals surface area contributed by atoms with E-state index >= 15 is 0 Å². The predicted octanol–water partition coefficient (Wildman–Crippen LogP) is 1.42. The Balaban J connectivity index is 4.42. The number of aliphatic hydroxyl groups excluding tert-OH is 2. The number of ether oxygens (including phenoxy) is 2. The first-order valence-electron chi connectivity index (χ1n) is 8.42. The number of rotatable bonds is 12. The molecule has 0 rings (SSSR count). The molecule has 0 aliphatic heterocycles. The highest BCUT2D eigenvalue weighted by atomic mass is 16.6. The van der Waals surface area contributed by atoms with Gasteiger partial charge in [0.15, 0.2) is 6.10 Å². The lowest BCUT2D eigenvalue weighted by atomic mass is 9.97. The second kappa shape index (κ2) is 12.4. The number of hydrogen-bond donors (Lipinski definition) is 3. The minimum absolute atomic E-state index is 0.0654. The summed E-state index contributed by atoms with van der Waals surface area (Å²) >= 11 is 0. The Bertz CT molecular complexity index is 514. The van der Waals surface area contributed by atoms with Crippen LogP contribution in [0.1, 0.15) is 39.5 Å². The summed E-state index contributed by atoms with van der Waals surface area (Å²) < 4.78 is 9.65. The Kier molecular flexibility index (Phi) is 11.5. The molecular weight excluding hydrogens is 340 g/mol. The molecule has 0 aromatic heterocycles. The summed E-state index contributed by atoms with van der Waals surface area (Å²) in [4.78, 5) is 22.8. The molecule has 7 nitrogen and oxygen atoms in total. The highest BCUT2D eigenvalue weighted by Crippen LogP contribution is 2.19. The summed E-state index contributed by atoms with van der Waals surface area (Å²) in [5.41, 5.74) is -1.35. The molecule has 0 saturated carbocycles. The van der Waals surface area contributed by atoms with E-state index in [2.05, 4.69) is 11.3 Å². The first-order valence-corrected chi connectivity index (χ1v) is 8.42. The molecular formula is C19H30O7. The highest BCUT2D eigenvalue weighted by Gasteiger charge is 2.32. The molecule has 0 saturated heterocycles. The van der Waals surface area contributed by atoms with Crippen LogP contribution in [0.4, 0.5) is 0 Å². The lowest BCUT2D eigenvalue weighted by Crippen LogP contribution is -2.42. The zero-order chi connectivity index (χ0) is 20.2. The van der Waals surface area contributed by atoms with E-state index in [0.717, 1.165) is 6.42 Å². The van der Waals surface area contributed by atoms with Crippen molar-refractivity contribution in [1.29, 1.82) is 0 Å². The number of allylic oxidation sites excluding steroid dienone is 3. The summed E-state index contributed by atoms with van der Waals surface area (Å²) in [5, 5.41) is 28.7. The molecule has 0 aliphatic carbocycles. The van der Waals surface area contributed by atoms with Gasteiger partial charge in [-0.1, -0.05) is 24.8 Å². The highest BCUT2D eigenvalue weighted by molar-refractivity contribution is 5.81. The van der Waals surface area contributed by atoms with Gasteiger partial charge in [-0.3, -0.25) is 0 Å². The molecule has 2 atom stereocenters. The Labute approximate surface area is 154 Å². The number of carbonyl (C=O) groups is 2. The molecule has 0 aromatic carbocycles. The van der Waals surface area contributed by atoms with Gasteiger partial charge in [0.2, 0.25) is 0 Å². The average molecular weight is 370 g/mol. The van der Waals surface area contributed by atoms with Crippen LogP contribution in [-0.2, 0) is 19.1 Å². The fourth-order valence-electron chi connectivity index (χ4n) is 1.94. The quantitative estimate of drug-likeness (QED) is 0.206. The zero-order valence-corrected chi connectivity index (χ0v) is 15.7. The Hall–Kier alpha value is -1.96. The van der Waals surface area contributed by atoms with E-state index in [1.807, 2.05) is 12.2 Å². The van der Waals surface area contributed by atoms with Gasteiger partial charge in [-0.2, -0.15) is 0 Å². The molecule has 0 radical (unpaired) electrons. The van der Waals surface area contributed by atoms with Crippen molar-refractivity contribution in [2.75, 3.05) is 13.7 Å². The van der Waals surface area contributed by atoms with Crippen LogP contribution in [0, 0.1) is 0 Å². The fourth-order valence-corrected chi connectivity index (χ4v) is 1.94. The fraction of sp³-hybridized carbons (Fsp3) is 0.579. The normalized spacial score (nSPS) is 14.4. The van der Waals surface area contributed by atoms with Crippen LogP contribution in [0.2, 0.25) is 0 Å². The lowest BCUT2D eigenvalue weighted by molar-refractivity contribution is -0.170. The molecule has 3 N–H and O–H groups in total. The smallest absolute Gasteiger partial charge is 0.339 e. The maximum Gasteiger partial charge on any atom is 0.339 e. The van der Waals surface area contributed by atoms with Crippen molar-refractivity contribution in [2.24, 2.45) is 0 Å². The van der Waals surface area contributed by atoms with Crippen LogP contribution < -0.4 is 0 Å². The zero-order valence-electron chi connectivity index (χ0n) is 15.7. The van der Waals surface area contributed by atoms with Crippen LogP contribution >= 0.6 is 0 Å². The Morgan fingerprint density at radius 1 is 1.15 bits per heavy atom. The van der Waals surface area contributed by atoms with Crippen LogP contribution in [-0.4, -0.2) is 58.8 Å². The van der Waals surface area contributed by atoms with E-state index in [4.69, 9.17) is 9.84 Å². The molecule has 7 heteroatoms. The van der Waals surface area contributed by atoms with Crippen molar-refractivity contribution in [3.05, 3.63) is 36.5 Å². The van der Waals surface area contributed by atoms with Gasteiger partial charge < -0.3 is 24.8 Å². The maximum atomic E-state index is 11.9. The molecule has 0 fully saturated rings. The topological polar surface area (TPSA) is 113 Å². The number of hydrogen-bond acceptors (Lipinski definition) is 7. The minimum atomic E-state index is -1.62. The first kappa shape index (κ1) is 24.0. The van der Waals surface area contributed by atoms with Crippen molar-refractivity contribution in [2.45, 2.75) is 57.3 Å². The van der Waals surface area contributed by atoms with Gasteiger partial charge in [-0.15, -0.1) is 0 Å². The van der Waals surface area contributed by atoms with Crippen molar-refractivity contribution >= 4 is 11.9 Å². The Morgan fingerprint density at radius 2 is 1.73 bits per heavy atom. The van der Waals surface area contributed by atoms with Crippen molar-refractivity contribution < 1.29 is 34.4 Å². The molecule has 0 aliphatic rings. The third kappa shape index (κ3) is 10.1. The molecule has 0 heterocycles. The van der Waals surface area contributed by atoms with E-state index in [1.54, 1.807) is 6.08 Å². The van der Waals surface area contributed by atoms with E-state index in [1.165, 1.54) is 27.0 Å². The van der Waals surface area contributed by atoms with Crippen molar-refractivity contribution in [3.8, 4) is 0 Å². The number of unbranched alkanes of at least 4 members (excludes halogenated alkanes) is 1. The van der Waals surface area contributed by atoms with Gasteiger partial charge in [0.05, 0.1) is 19.3 Å². The van der Waals surface area contributed by atoms with Gasteiger partial charge in [-0.05, 0) is 45.1 Å². The summed E-state index contributed by atoms with van der Waals surface area (Å²) in [6.45, 7) is 5.88. The summed E-state index contributed by atoms with van der Waals surface area (Å²) in [5.74, 6) is -1.34. The lowest BCUT2D eigenvalue weighted by Gasteiger charge is -2.29. The van der Waals surface area contributed by atoms with Crippen molar-refractivity contribution in [1.82, 2.24) is 0 Å². The molecule has 1 unspecified atom stereocenters. The van der Waals surface area contributed by atoms with Crippen molar-refractivity contribution in [3.63, 3.8) is 0 Å². The van der Waals surface area contributed by atoms with Gasteiger partial charge in [-0.25, -0.2) is 9.59 Å². The molecule has 148 valence electrons. The molecule has 0 amide bonds. The number of methoxy groups -OCH3 is 1. The van der Waals surface area contributed by atoms with Crippen LogP contribution in [0.5, 0.6) is 0 Å². The number of esters is 2. The largest absolute Gasteiger partial charge is 0.466 e. The third-order valence-corrected chi connectivity index (χ3v) is 3.58. The standard InChI is InChI=1S/C19H30O7/c1-14(13-20)17(22)18(23)26-15(19(2,3)24)11-9-7-5-6-8-10-12-16(21)25-4/h5,7,10,12,15,17,20,22,24H,1,6,8-9,11,13H2,2-4H3/b7-5+,12-10+/t15-,17?/m1/s1. The average Bonchev–Trinajstić information content (AvgIpc) is 2.59. The third-order valence-electron chi connectivity index (χ3n) is 3.58. The predicted molar refractivity (Wildman–Crippen MR) is 97.2 cm³/mol. The SMILES string of the molecule is C=C(CO)C(O)C(=O)O[C@H](CC/C=C/CC/C=C/C(=O)OC)C(C)(C)O. The van der Waals surface area contributed by atoms with Gasteiger partial charge in [0.1, 0.15) is 6.10 Å². The summed E-state index contributed by atoms with van der Waals surface area (Å²) in [6, 6.07) is 0. The maximum absolute atomic E-state index is 11.9. The molecule has 0 aromatic rings. The van der Waals surface area contributed by atoms with Crippen LogP contribution in [0.3, 0.4) is 0 Å². The van der Waals surface area contributed by atoms with Gasteiger partial charge in [0.25, 0.3) is 0 Å². The number of aliphatic hydroxyl groups is 3. The second-order valence-electron chi connectivity index (χ2n) is 6.35. The van der Waals surface area contributed by atoms with E-state index < -0.39 is 36.4 Å². The first-order chi connectivity index (χ1) is 12.1. The molecule has 26 heavy (non-hydrogen) atoms. The molecule has 0 spiro atoms. The summed E-state index contributed by atoms with van der Waals surface area (Å²) in [7, 11) is 1.32. The van der Waals surface area contributed by atoms with E-state index in [-0.39, 0.29) is 5.57 Å². The minimum Gasteiger partial charge on any atom is -0.466 e. The monoisotopic (exact) mass is 370 g/mol. The van der Waals surface area contributed by atoms with Crippen LogP contribution in [0.15, 0.2) is 36.5 Å². The molecule has 0 bridgehead atoms. The number of carbonyl (C=O) groups excluding carboxylic acids is 2. The Morgan fingerprint density at radius 3 is 2.27 bits per heavy atom. The van der Waals surface area contributed by atoms with Gasteiger partial charge in [0, 0.05) is 6.08 Å².